The van der Waals surface area contributed by atoms with Gasteiger partial charge in [0.15, 0.2) is 23.9 Å². The van der Waals surface area contributed by atoms with E-state index in [2.05, 4.69) is 18.0 Å². The SMILES string of the molecule is C=C(C(=O)O[C@H]1C(=C)[C@H](O)[C@H]2[C@@H](OC(=O)/C(C)=C\C)[C@@H](C)C[C@]2(OC(C)=O)C(=O)[C@](C)(O)/C=C/C(C)(C)[C@H](OC(C)=O)[C@@H]1OC(C)=O)[C@H](C)OO. The van der Waals surface area contributed by atoms with E-state index in [4.69, 9.17) is 23.7 Å². The molecule has 0 spiro atoms. The van der Waals surface area contributed by atoms with Crippen LogP contribution >= 0.6 is 0 Å². The number of rotatable bonds is 9. The third-order valence-electron chi connectivity index (χ3n) is 9.24. The van der Waals surface area contributed by atoms with Gasteiger partial charge >= 0.3 is 29.8 Å². The number of aliphatic hydroxyl groups is 2. The van der Waals surface area contributed by atoms with Gasteiger partial charge in [0, 0.05) is 38.2 Å². The van der Waals surface area contributed by atoms with Crippen LogP contribution in [-0.4, -0.2) is 98.9 Å². The second-order valence-electron chi connectivity index (χ2n) is 13.9. The van der Waals surface area contributed by atoms with E-state index in [0.717, 1.165) is 33.8 Å². The van der Waals surface area contributed by atoms with Crippen molar-refractivity contribution in [2.24, 2.45) is 17.3 Å². The van der Waals surface area contributed by atoms with Crippen molar-refractivity contribution in [3.05, 3.63) is 48.1 Å². The number of ketones is 1. The van der Waals surface area contributed by atoms with E-state index in [-0.39, 0.29) is 12.0 Å². The highest BCUT2D eigenvalue weighted by atomic mass is 17.1. The molecule has 0 amide bonds. The van der Waals surface area contributed by atoms with Crippen molar-refractivity contribution >= 4 is 35.6 Å². The minimum atomic E-state index is -2.44. The Balaban J connectivity index is 3.13. The molecule has 1 saturated carbocycles. The molecule has 0 unspecified atom stereocenters. The predicted molar refractivity (Wildman–Crippen MR) is 178 cm³/mol. The van der Waals surface area contributed by atoms with Gasteiger partial charge in [0.05, 0.1) is 17.6 Å². The third-order valence-corrected chi connectivity index (χ3v) is 9.24. The van der Waals surface area contributed by atoms with E-state index in [0.29, 0.717) is 0 Å². The van der Waals surface area contributed by atoms with E-state index in [1.165, 1.54) is 39.8 Å². The van der Waals surface area contributed by atoms with Crippen LogP contribution in [0.1, 0.15) is 75.7 Å². The molecule has 0 aromatic carbocycles. The summed E-state index contributed by atoms with van der Waals surface area (Å²) >= 11 is 0. The van der Waals surface area contributed by atoms with Crippen LogP contribution in [0.15, 0.2) is 48.1 Å². The quantitative estimate of drug-likeness (QED) is 0.0778. The van der Waals surface area contributed by atoms with E-state index in [1.54, 1.807) is 13.8 Å². The summed E-state index contributed by atoms with van der Waals surface area (Å²) in [5.74, 6) is -8.48. The van der Waals surface area contributed by atoms with Crippen molar-refractivity contribution in [3.63, 3.8) is 0 Å². The van der Waals surface area contributed by atoms with E-state index >= 15 is 0 Å². The monoisotopic (exact) mass is 722 g/mol. The molecule has 15 nitrogen and oxygen atoms in total. The van der Waals surface area contributed by atoms with Crippen molar-refractivity contribution in [2.75, 3.05) is 0 Å². The fourth-order valence-electron chi connectivity index (χ4n) is 6.41. The molecule has 0 saturated heterocycles. The molecule has 0 heterocycles. The van der Waals surface area contributed by atoms with Crippen LogP contribution in [0.4, 0.5) is 0 Å². The molecule has 1 fully saturated rings. The lowest BCUT2D eigenvalue weighted by atomic mass is 9.71. The number of aliphatic hydroxyl groups excluding tert-OH is 1. The lowest BCUT2D eigenvalue weighted by molar-refractivity contribution is -0.264. The molecule has 0 aliphatic heterocycles. The van der Waals surface area contributed by atoms with E-state index in [1.807, 2.05) is 0 Å². The number of allylic oxidation sites excluding steroid dienone is 1. The van der Waals surface area contributed by atoms with Crippen LogP contribution in [0.5, 0.6) is 0 Å². The first-order valence-corrected chi connectivity index (χ1v) is 16.3. The zero-order chi connectivity index (χ0) is 39.4. The molecule has 2 aliphatic rings. The van der Waals surface area contributed by atoms with Gasteiger partial charge in [-0.15, -0.1) is 0 Å². The van der Waals surface area contributed by atoms with Crippen molar-refractivity contribution < 1.29 is 72.8 Å². The Morgan fingerprint density at radius 3 is 1.98 bits per heavy atom. The lowest BCUT2D eigenvalue weighted by Crippen LogP contribution is -2.61. The average Bonchev–Trinajstić information content (AvgIpc) is 3.31. The minimum absolute atomic E-state index is 0.168. The number of hydrogen-bond donors (Lipinski definition) is 3. The van der Waals surface area contributed by atoms with Gasteiger partial charge in [0.2, 0.25) is 5.78 Å². The second-order valence-corrected chi connectivity index (χ2v) is 13.9. The second kappa shape index (κ2) is 16.4. The summed E-state index contributed by atoms with van der Waals surface area (Å²) in [5, 5.41) is 33.3. The zero-order valence-corrected chi connectivity index (χ0v) is 30.7. The largest absolute Gasteiger partial charge is 0.458 e. The van der Waals surface area contributed by atoms with Gasteiger partial charge in [-0.3, -0.25) is 24.4 Å². The molecule has 0 radical (unpaired) electrons. The van der Waals surface area contributed by atoms with Gasteiger partial charge in [-0.05, 0) is 45.3 Å². The van der Waals surface area contributed by atoms with Crippen molar-refractivity contribution in [1.82, 2.24) is 0 Å². The van der Waals surface area contributed by atoms with Crippen molar-refractivity contribution in [3.8, 4) is 0 Å². The van der Waals surface area contributed by atoms with Crippen LogP contribution in [-0.2, 0) is 57.3 Å². The Morgan fingerprint density at radius 1 is 0.922 bits per heavy atom. The van der Waals surface area contributed by atoms with Crippen LogP contribution < -0.4 is 0 Å². The normalized spacial score (nSPS) is 33.7. The highest BCUT2D eigenvalue weighted by Gasteiger charge is 2.66. The van der Waals surface area contributed by atoms with Gasteiger partial charge < -0.3 is 33.9 Å². The van der Waals surface area contributed by atoms with E-state index in [9.17, 15) is 44.2 Å². The highest BCUT2D eigenvalue weighted by molar-refractivity contribution is 5.98. The molecule has 2 aliphatic carbocycles. The summed E-state index contributed by atoms with van der Waals surface area (Å²) in [6, 6.07) is 0. The predicted octanol–water partition coefficient (Wildman–Crippen LogP) is 2.87. The molecular weight excluding hydrogens is 672 g/mol. The summed E-state index contributed by atoms with van der Waals surface area (Å²) in [6.07, 6.45) is -6.58. The number of ether oxygens (including phenoxy) is 5. The Hall–Kier alpha value is -4.18. The molecule has 3 N–H and O–H groups in total. The molecule has 51 heavy (non-hydrogen) atoms. The molecule has 10 atom stereocenters. The maximum Gasteiger partial charge on any atom is 0.336 e. The Labute approximate surface area is 297 Å². The maximum absolute atomic E-state index is 14.6. The number of fused-ring (bicyclic) bond motifs is 1. The Bertz CT molecular complexity index is 1490. The van der Waals surface area contributed by atoms with Gasteiger partial charge in [-0.25, -0.2) is 14.5 Å². The smallest absolute Gasteiger partial charge is 0.336 e. The van der Waals surface area contributed by atoms with Crippen LogP contribution in [0.3, 0.4) is 0 Å². The lowest BCUT2D eigenvalue weighted by Gasteiger charge is -2.44. The van der Waals surface area contributed by atoms with Crippen LogP contribution in [0.25, 0.3) is 0 Å². The molecule has 0 bridgehead atoms. The minimum Gasteiger partial charge on any atom is -0.458 e. The molecule has 15 heteroatoms. The fourth-order valence-corrected chi connectivity index (χ4v) is 6.41. The number of esters is 5. The van der Waals surface area contributed by atoms with Gasteiger partial charge in [0.1, 0.15) is 17.8 Å². The Morgan fingerprint density at radius 2 is 1.49 bits per heavy atom. The first kappa shape index (κ1) is 43.0. The third kappa shape index (κ3) is 9.39. The fraction of sp³-hybridized carbons (Fsp3) is 0.611. The number of hydrogen-bond acceptors (Lipinski definition) is 15. The highest BCUT2D eigenvalue weighted by Crippen LogP contribution is 2.51. The summed E-state index contributed by atoms with van der Waals surface area (Å²) in [4.78, 5) is 83.4. The van der Waals surface area contributed by atoms with Gasteiger partial charge in [-0.1, -0.05) is 46.1 Å². The molecule has 0 aromatic heterocycles. The average molecular weight is 723 g/mol. The molecule has 2 rings (SSSR count). The Kier molecular flexibility index (Phi) is 13.9. The first-order valence-electron chi connectivity index (χ1n) is 16.3. The zero-order valence-electron chi connectivity index (χ0n) is 30.7. The summed E-state index contributed by atoms with van der Waals surface area (Å²) < 4.78 is 28.7. The van der Waals surface area contributed by atoms with Crippen molar-refractivity contribution in [1.29, 1.82) is 0 Å². The summed E-state index contributed by atoms with van der Waals surface area (Å²) in [6.45, 7) is 20.7. The maximum atomic E-state index is 14.6. The number of carbonyl (C=O) groups excluding carboxylic acids is 6. The topological polar surface area (TPSA) is 218 Å². The van der Waals surface area contributed by atoms with E-state index < -0.39 is 112 Å². The van der Waals surface area contributed by atoms with Crippen LogP contribution in [0.2, 0.25) is 0 Å². The van der Waals surface area contributed by atoms with Crippen LogP contribution in [0, 0.1) is 17.3 Å². The number of carbonyl (C=O) groups is 6. The molecule has 0 aromatic rings. The van der Waals surface area contributed by atoms with Gasteiger partial charge in [-0.2, -0.15) is 0 Å². The number of Topliss-reactive ketones (excluding diaryl/α,β-unsaturated/α-hetero) is 1. The molecular formula is C36H50O15. The summed E-state index contributed by atoms with van der Waals surface area (Å²) in [7, 11) is 0. The summed E-state index contributed by atoms with van der Waals surface area (Å²) in [5.41, 5.74) is -7.03. The molecule has 284 valence electrons. The standard InChI is InChI=1S/C36H50O15/c1-13-17(2)31(41)48-27-18(3)16-36(50-24(9)39)25(27)26(40)20(5)28(49-32(42)19(4)21(6)51-45)29(46-22(7)37)30(47-23(8)38)34(10,11)14-15-35(12,44)33(36)43/h13-15,18,21,25-30,40,44-45H,4-5,16H2,1-3,6-12H3/b15-14+,17-13-/t18-,21-,25-,26-,27-,28-,29+,30+,35+,36+/m0/s1. The first-order chi connectivity index (χ1) is 23.4. The van der Waals surface area contributed by atoms with Gasteiger partial charge in [0.25, 0.3) is 0 Å². The van der Waals surface area contributed by atoms with Crippen molar-refractivity contribution in [2.45, 2.75) is 123 Å².